The van der Waals surface area contributed by atoms with Crippen molar-refractivity contribution >= 4 is 0 Å². The summed E-state index contributed by atoms with van der Waals surface area (Å²) in [7, 11) is 1.84. The van der Waals surface area contributed by atoms with E-state index >= 15 is 0 Å². The van der Waals surface area contributed by atoms with Crippen LogP contribution >= 0.6 is 0 Å². The van der Waals surface area contributed by atoms with Crippen LogP contribution in [0.25, 0.3) is 0 Å². The van der Waals surface area contributed by atoms with Crippen LogP contribution < -0.4 is 5.32 Å². The molecule has 1 aromatic heterocycles. The van der Waals surface area contributed by atoms with Gasteiger partial charge in [0.1, 0.15) is 0 Å². The van der Waals surface area contributed by atoms with Crippen molar-refractivity contribution in [1.82, 2.24) is 25.5 Å². The number of aromatic nitrogens is 4. The van der Waals surface area contributed by atoms with Gasteiger partial charge in [-0.25, -0.2) is 0 Å². The molecule has 1 heterocycles. The number of nitrogens with zero attached hydrogens (tertiary/aromatic N) is 4. The smallest absolute Gasteiger partial charge is 0.175 e. The lowest BCUT2D eigenvalue weighted by atomic mass is 9.73. The molecule has 0 bridgehead atoms. The van der Waals surface area contributed by atoms with Crippen LogP contribution in [0, 0.1) is 17.8 Å². The predicted molar refractivity (Wildman–Crippen MR) is 73.5 cm³/mol. The van der Waals surface area contributed by atoms with Gasteiger partial charge in [0, 0.05) is 12.5 Å². The molecule has 5 heteroatoms. The van der Waals surface area contributed by atoms with Crippen LogP contribution in [0.15, 0.2) is 0 Å². The van der Waals surface area contributed by atoms with E-state index in [1.165, 1.54) is 38.6 Å². The molecule has 0 saturated heterocycles. The highest BCUT2D eigenvalue weighted by Gasteiger charge is 2.31. The first-order valence-electron chi connectivity index (χ1n) is 7.67. The number of tetrazole rings is 1. The molecular formula is C14H25N5. The van der Waals surface area contributed by atoms with Crippen molar-refractivity contribution in [2.24, 2.45) is 24.8 Å². The summed E-state index contributed by atoms with van der Waals surface area (Å²) in [6.07, 6.45) is 7.79. The summed E-state index contributed by atoms with van der Waals surface area (Å²) in [6, 6.07) is 0.814. The first-order chi connectivity index (χ1) is 9.20. The van der Waals surface area contributed by atoms with Gasteiger partial charge in [0.25, 0.3) is 0 Å². The van der Waals surface area contributed by atoms with E-state index < -0.39 is 0 Å². The summed E-state index contributed by atoms with van der Waals surface area (Å²) >= 11 is 0. The first kappa shape index (κ1) is 13.0. The fraction of sp³-hybridized carbons (Fsp3) is 0.929. The standard InChI is InChI=1S/C14H25N5/c1-10-3-4-11(9-15-13-5-6-13)12(7-10)8-14-16-18-19(2)17-14/h10-13,15H,3-9H2,1-2H3. The second kappa shape index (κ2) is 5.57. The Hall–Kier alpha value is -0.970. The lowest BCUT2D eigenvalue weighted by Crippen LogP contribution is -2.34. The number of nitrogens with one attached hydrogen (secondary N) is 1. The van der Waals surface area contributed by atoms with E-state index in [2.05, 4.69) is 27.7 Å². The van der Waals surface area contributed by atoms with Gasteiger partial charge in [0.05, 0.1) is 7.05 Å². The van der Waals surface area contributed by atoms with Crippen molar-refractivity contribution in [2.75, 3.05) is 6.54 Å². The summed E-state index contributed by atoms with van der Waals surface area (Å²) in [6.45, 7) is 3.56. The van der Waals surface area contributed by atoms with E-state index in [1.54, 1.807) is 4.80 Å². The Morgan fingerprint density at radius 3 is 2.74 bits per heavy atom. The van der Waals surface area contributed by atoms with Gasteiger partial charge in [-0.3, -0.25) is 0 Å². The van der Waals surface area contributed by atoms with Gasteiger partial charge < -0.3 is 5.32 Å². The van der Waals surface area contributed by atoms with Crippen LogP contribution in [-0.2, 0) is 13.5 Å². The molecule has 3 rings (SSSR count). The molecule has 2 aliphatic carbocycles. The van der Waals surface area contributed by atoms with Crippen LogP contribution in [0.4, 0.5) is 0 Å². The molecule has 1 aromatic rings. The fourth-order valence-electron chi connectivity index (χ4n) is 3.33. The molecule has 19 heavy (non-hydrogen) atoms. The summed E-state index contributed by atoms with van der Waals surface area (Å²) in [5.41, 5.74) is 0. The van der Waals surface area contributed by atoms with Gasteiger partial charge in [-0.2, -0.15) is 4.80 Å². The highest BCUT2D eigenvalue weighted by molar-refractivity contribution is 4.90. The molecule has 2 saturated carbocycles. The van der Waals surface area contributed by atoms with E-state index in [4.69, 9.17) is 0 Å². The van der Waals surface area contributed by atoms with Crippen molar-refractivity contribution in [3.8, 4) is 0 Å². The van der Waals surface area contributed by atoms with Gasteiger partial charge in [0.2, 0.25) is 0 Å². The topological polar surface area (TPSA) is 55.6 Å². The van der Waals surface area contributed by atoms with Gasteiger partial charge in [-0.15, -0.1) is 10.2 Å². The van der Waals surface area contributed by atoms with E-state index in [1.807, 2.05) is 7.05 Å². The highest BCUT2D eigenvalue weighted by Crippen LogP contribution is 2.35. The Morgan fingerprint density at radius 1 is 1.21 bits per heavy atom. The third-order valence-electron chi connectivity index (χ3n) is 4.64. The van der Waals surface area contributed by atoms with Crippen molar-refractivity contribution < 1.29 is 0 Å². The molecule has 1 N–H and O–H groups in total. The maximum Gasteiger partial charge on any atom is 0.175 e. The van der Waals surface area contributed by atoms with Crippen molar-refractivity contribution in [2.45, 2.75) is 51.5 Å². The van der Waals surface area contributed by atoms with Crippen LogP contribution in [0.2, 0.25) is 0 Å². The Kier molecular flexibility index (Phi) is 3.82. The molecule has 0 radical (unpaired) electrons. The quantitative estimate of drug-likeness (QED) is 0.876. The first-order valence-corrected chi connectivity index (χ1v) is 7.67. The number of rotatable bonds is 5. The molecule has 0 aromatic carbocycles. The number of aryl methyl sites for hydroxylation is 1. The van der Waals surface area contributed by atoms with Crippen molar-refractivity contribution in [3.63, 3.8) is 0 Å². The largest absolute Gasteiger partial charge is 0.314 e. The monoisotopic (exact) mass is 263 g/mol. The zero-order valence-electron chi connectivity index (χ0n) is 12.0. The van der Waals surface area contributed by atoms with E-state index in [-0.39, 0.29) is 0 Å². The molecular weight excluding hydrogens is 238 g/mol. The van der Waals surface area contributed by atoms with Crippen molar-refractivity contribution in [3.05, 3.63) is 5.82 Å². The zero-order chi connectivity index (χ0) is 13.2. The highest BCUT2D eigenvalue weighted by atomic mass is 15.6. The summed E-state index contributed by atoms with van der Waals surface area (Å²) in [4.78, 5) is 1.57. The molecule has 0 aliphatic heterocycles. The third-order valence-corrected chi connectivity index (χ3v) is 4.64. The molecule has 0 amide bonds. The Morgan fingerprint density at radius 2 is 2.05 bits per heavy atom. The van der Waals surface area contributed by atoms with Crippen LogP contribution in [0.3, 0.4) is 0 Å². The van der Waals surface area contributed by atoms with Gasteiger partial charge in [-0.05, 0) is 55.2 Å². The Labute approximate surface area is 115 Å². The zero-order valence-corrected chi connectivity index (χ0v) is 12.0. The minimum Gasteiger partial charge on any atom is -0.314 e. The van der Waals surface area contributed by atoms with Gasteiger partial charge >= 0.3 is 0 Å². The number of hydrogen-bond acceptors (Lipinski definition) is 4. The molecule has 2 fully saturated rings. The SMILES string of the molecule is CC1CCC(CNC2CC2)C(Cc2nnn(C)n2)C1. The van der Waals surface area contributed by atoms with E-state index in [0.29, 0.717) is 0 Å². The Bertz CT molecular complexity index is 412. The predicted octanol–water partition coefficient (Wildman–Crippen LogP) is 1.56. The third kappa shape index (κ3) is 3.53. The minimum absolute atomic E-state index is 0.721. The van der Waals surface area contributed by atoms with Gasteiger partial charge in [-0.1, -0.05) is 13.3 Å². The van der Waals surface area contributed by atoms with Crippen LogP contribution in [0.5, 0.6) is 0 Å². The Balaban J connectivity index is 1.59. The molecule has 5 nitrogen and oxygen atoms in total. The lowest BCUT2D eigenvalue weighted by Gasteiger charge is -2.34. The fourth-order valence-corrected chi connectivity index (χ4v) is 3.33. The van der Waals surface area contributed by atoms with Crippen LogP contribution in [0.1, 0.15) is 44.9 Å². The number of hydrogen-bond donors (Lipinski definition) is 1. The van der Waals surface area contributed by atoms with E-state index in [9.17, 15) is 0 Å². The van der Waals surface area contributed by atoms with Crippen LogP contribution in [-0.4, -0.2) is 32.8 Å². The molecule has 3 atom stereocenters. The molecule has 0 spiro atoms. The molecule has 2 aliphatic rings. The second-order valence-electron chi connectivity index (χ2n) is 6.52. The maximum atomic E-state index is 4.35. The maximum absolute atomic E-state index is 4.35. The summed E-state index contributed by atoms with van der Waals surface area (Å²) < 4.78 is 0. The average molecular weight is 263 g/mol. The minimum atomic E-state index is 0.721. The average Bonchev–Trinajstić information content (AvgIpc) is 3.12. The molecule has 3 unspecified atom stereocenters. The lowest BCUT2D eigenvalue weighted by molar-refractivity contribution is 0.181. The van der Waals surface area contributed by atoms with E-state index in [0.717, 1.165) is 36.0 Å². The summed E-state index contributed by atoms with van der Waals surface area (Å²) in [5.74, 6) is 3.27. The molecule has 106 valence electrons. The van der Waals surface area contributed by atoms with Gasteiger partial charge in [0.15, 0.2) is 5.82 Å². The summed E-state index contributed by atoms with van der Waals surface area (Å²) in [5, 5.41) is 16.2. The normalized spacial score (nSPS) is 31.6. The van der Waals surface area contributed by atoms with Crippen molar-refractivity contribution in [1.29, 1.82) is 0 Å². The second-order valence-corrected chi connectivity index (χ2v) is 6.52.